The first-order valence-electron chi connectivity index (χ1n) is 13.6. The van der Waals surface area contributed by atoms with E-state index in [0.717, 1.165) is 18.7 Å². The molecule has 36 heavy (non-hydrogen) atoms. The molecule has 2 aromatic carbocycles. The van der Waals surface area contributed by atoms with Crippen LogP contribution in [0.2, 0.25) is 25.7 Å². The smallest absolute Gasteiger partial charge is 0.264 e. The molecule has 200 valence electrons. The van der Waals surface area contributed by atoms with Gasteiger partial charge in [0.05, 0.1) is 4.90 Å². The topological polar surface area (TPSA) is 75.3 Å². The van der Waals surface area contributed by atoms with Crippen molar-refractivity contribution in [1.29, 1.82) is 0 Å². The molecule has 0 aliphatic heterocycles. The van der Waals surface area contributed by atoms with Crippen LogP contribution >= 0.6 is 0 Å². The Hall–Kier alpha value is -2.12. The minimum atomic E-state index is -3.87. The molecule has 2 aromatic rings. The highest BCUT2D eigenvalue weighted by Crippen LogP contribution is 2.17. The summed E-state index contributed by atoms with van der Waals surface area (Å²) in [5.74, 6) is -0.632. The molecule has 0 saturated carbocycles. The maximum absolute atomic E-state index is 12.4. The lowest BCUT2D eigenvalue weighted by Crippen LogP contribution is -2.30. The third-order valence-corrected chi connectivity index (χ3v) is 9.56. The molecule has 0 fully saturated rings. The van der Waals surface area contributed by atoms with Crippen molar-refractivity contribution < 1.29 is 13.2 Å². The third-order valence-electron chi connectivity index (χ3n) is 6.36. The molecule has 0 unspecified atom stereocenters. The van der Waals surface area contributed by atoms with E-state index in [4.69, 9.17) is 0 Å². The normalized spacial score (nSPS) is 11.9. The number of carbonyl (C=O) groups excluding carboxylic acids is 1. The summed E-state index contributed by atoms with van der Waals surface area (Å²) in [7, 11) is -4.71. The second-order valence-electron chi connectivity index (χ2n) is 11.0. The summed E-state index contributed by atoms with van der Waals surface area (Å²) in [6, 6.07) is 16.3. The number of benzene rings is 2. The van der Waals surface area contributed by atoms with Crippen molar-refractivity contribution in [2.75, 3.05) is 11.9 Å². The fraction of sp³-hybridized carbons (Fsp3) is 0.552. The number of hydrogen-bond acceptors (Lipinski definition) is 4. The zero-order chi connectivity index (χ0) is 26.3. The van der Waals surface area contributed by atoms with Crippen LogP contribution in [0.1, 0.15) is 81.0 Å². The van der Waals surface area contributed by atoms with Crippen LogP contribution in [0.4, 0.5) is 5.69 Å². The van der Waals surface area contributed by atoms with Crippen LogP contribution in [-0.2, 0) is 10.0 Å². The Labute approximate surface area is 220 Å². The Balaban J connectivity index is 1.50. The van der Waals surface area contributed by atoms with E-state index in [9.17, 15) is 13.2 Å². The number of carbonyl (C=O) groups is 1. The van der Waals surface area contributed by atoms with Crippen molar-refractivity contribution in [3.05, 3.63) is 60.2 Å². The van der Waals surface area contributed by atoms with Gasteiger partial charge in [0.1, 0.15) is 0 Å². The zero-order valence-electron chi connectivity index (χ0n) is 22.5. The van der Waals surface area contributed by atoms with E-state index < -0.39 is 24.0 Å². The molecule has 0 saturated heterocycles. The first-order chi connectivity index (χ1) is 17.2. The molecule has 0 heterocycles. The van der Waals surface area contributed by atoms with Gasteiger partial charge < -0.3 is 5.32 Å². The molecule has 0 aliphatic carbocycles. The summed E-state index contributed by atoms with van der Waals surface area (Å²) in [5, 5.41) is 3.38. The van der Waals surface area contributed by atoms with E-state index in [1.54, 1.807) is 30.3 Å². The maximum atomic E-state index is 12.4. The minimum absolute atomic E-state index is 0.0693. The molecule has 0 spiro atoms. The monoisotopic (exact) mass is 530 g/mol. The number of sulfonamides is 1. The first kappa shape index (κ1) is 30.1. The molecular weight excluding hydrogens is 484 g/mol. The molecule has 2 N–H and O–H groups in total. The van der Waals surface area contributed by atoms with Gasteiger partial charge in [-0.2, -0.15) is 0 Å². The van der Waals surface area contributed by atoms with Crippen molar-refractivity contribution in [2.24, 2.45) is 0 Å². The summed E-state index contributed by atoms with van der Waals surface area (Å²) >= 11 is 0. The van der Waals surface area contributed by atoms with Crippen LogP contribution in [0, 0.1) is 0 Å². The van der Waals surface area contributed by atoms with E-state index in [1.165, 1.54) is 82.4 Å². The van der Waals surface area contributed by atoms with Crippen LogP contribution in [0.3, 0.4) is 0 Å². The molecule has 7 heteroatoms. The molecule has 0 radical (unpaired) electrons. The average Bonchev–Trinajstić information content (AvgIpc) is 2.84. The van der Waals surface area contributed by atoms with Gasteiger partial charge in [0.2, 0.25) is 0 Å². The van der Waals surface area contributed by atoms with Crippen molar-refractivity contribution >= 4 is 29.7 Å². The molecular formula is C29H46N2O3SSi. The fourth-order valence-electron chi connectivity index (χ4n) is 4.18. The van der Waals surface area contributed by atoms with E-state index >= 15 is 0 Å². The largest absolute Gasteiger partial charge is 0.385 e. The third kappa shape index (κ3) is 12.7. The van der Waals surface area contributed by atoms with Gasteiger partial charge in [0.15, 0.2) is 0 Å². The second kappa shape index (κ2) is 15.9. The predicted molar refractivity (Wildman–Crippen MR) is 155 cm³/mol. The predicted octanol–water partition coefficient (Wildman–Crippen LogP) is 7.85. The highest BCUT2D eigenvalue weighted by molar-refractivity contribution is 7.90. The van der Waals surface area contributed by atoms with Gasteiger partial charge >= 0.3 is 0 Å². The lowest BCUT2D eigenvalue weighted by Gasteiger charge is -2.14. The Bertz CT molecular complexity index is 987. The Morgan fingerprint density at radius 2 is 1.19 bits per heavy atom. The van der Waals surface area contributed by atoms with Gasteiger partial charge in [-0.1, -0.05) is 108 Å². The van der Waals surface area contributed by atoms with Crippen molar-refractivity contribution in [2.45, 2.75) is 101 Å². The second-order valence-corrected chi connectivity index (χ2v) is 18.3. The lowest BCUT2D eigenvalue weighted by atomic mass is 10.1. The van der Waals surface area contributed by atoms with Crippen molar-refractivity contribution in [1.82, 2.24) is 4.72 Å². The SMILES string of the molecule is C[Si](C)(C)CCCCCCCCCCCCCNc1ccc(C(=O)NS(=O)(=O)c2ccccc2)cc1. The zero-order valence-corrected chi connectivity index (χ0v) is 24.3. The number of rotatable bonds is 18. The highest BCUT2D eigenvalue weighted by atomic mass is 32.2. The van der Waals surface area contributed by atoms with Gasteiger partial charge in [-0.3, -0.25) is 4.79 Å². The van der Waals surface area contributed by atoms with Crippen LogP contribution in [-0.4, -0.2) is 28.9 Å². The number of unbranched alkanes of at least 4 members (excludes halogenated alkanes) is 10. The molecule has 5 nitrogen and oxygen atoms in total. The van der Waals surface area contributed by atoms with Gasteiger partial charge in [0, 0.05) is 25.9 Å². The molecule has 0 atom stereocenters. The van der Waals surface area contributed by atoms with Gasteiger partial charge in [-0.25, -0.2) is 13.1 Å². The molecule has 2 rings (SSSR count). The fourth-order valence-corrected chi connectivity index (χ4v) is 6.49. The summed E-state index contributed by atoms with van der Waals surface area (Å²) in [6.07, 6.45) is 14.7. The van der Waals surface area contributed by atoms with Crippen molar-refractivity contribution in [3.8, 4) is 0 Å². The van der Waals surface area contributed by atoms with Gasteiger partial charge in [-0.05, 0) is 42.8 Å². The number of amides is 1. The maximum Gasteiger partial charge on any atom is 0.264 e. The summed E-state index contributed by atoms with van der Waals surface area (Å²) < 4.78 is 26.8. The lowest BCUT2D eigenvalue weighted by molar-refractivity contribution is 0.0981. The molecule has 0 aliphatic rings. The summed E-state index contributed by atoms with van der Waals surface area (Å²) in [6.45, 7) is 8.29. The van der Waals surface area contributed by atoms with Crippen LogP contribution in [0.25, 0.3) is 0 Å². The molecule has 0 aromatic heterocycles. The van der Waals surface area contributed by atoms with Crippen LogP contribution in [0.15, 0.2) is 59.5 Å². The van der Waals surface area contributed by atoms with E-state index in [1.807, 2.05) is 12.1 Å². The number of anilines is 1. The number of nitrogens with one attached hydrogen (secondary N) is 2. The summed E-state index contributed by atoms with van der Waals surface area (Å²) in [5.41, 5.74) is 1.24. The standard InChI is InChI=1S/C29H46N2O3SSi/c1-36(2,3)25-17-12-10-8-6-4-5-7-9-11-16-24-30-27-22-20-26(21-23-27)29(32)31-35(33,34)28-18-14-13-15-19-28/h13-15,18-23,30H,4-12,16-17,24-25H2,1-3H3,(H,31,32). The summed E-state index contributed by atoms with van der Waals surface area (Å²) in [4.78, 5) is 12.4. The molecule has 1 amide bonds. The molecule has 0 bridgehead atoms. The average molecular weight is 531 g/mol. The van der Waals surface area contributed by atoms with Crippen molar-refractivity contribution in [3.63, 3.8) is 0 Å². The van der Waals surface area contributed by atoms with Crippen LogP contribution < -0.4 is 10.0 Å². The Morgan fingerprint density at radius 1 is 0.694 bits per heavy atom. The minimum Gasteiger partial charge on any atom is -0.385 e. The first-order valence-corrected chi connectivity index (χ1v) is 18.8. The Morgan fingerprint density at radius 3 is 1.72 bits per heavy atom. The van der Waals surface area contributed by atoms with Gasteiger partial charge in [-0.15, -0.1) is 0 Å². The van der Waals surface area contributed by atoms with Gasteiger partial charge in [0.25, 0.3) is 15.9 Å². The quantitative estimate of drug-likeness (QED) is 0.152. The highest BCUT2D eigenvalue weighted by Gasteiger charge is 2.18. The van der Waals surface area contributed by atoms with E-state index in [0.29, 0.717) is 5.56 Å². The Kier molecular flexibility index (Phi) is 13.3. The number of hydrogen-bond donors (Lipinski definition) is 2. The van der Waals surface area contributed by atoms with Crippen LogP contribution in [0.5, 0.6) is 0 Å². The van der Waals surface area contributed by atoms with E-state index in [-0.39, 0.29) is 4.90 Å². The van der Waals surface area contributed by atoms with E-state index in [2.05, 4.69) is 29.7 Å².